The van der Waals surface area contributed by atoms with Gasteiger partial charge in [-0.1, -0.05) is 6.92 Å². The van der Waals surface area contributed by atoms with Gasteiger partial charge in [0.05, 0.1) is 12.1 Å². The molecule has 4 heteroatoms. The number of amides is 1. The number of carbonyl (C=O) groups excluding carboxylic acids is 1. The Morgan fingerprint density at radius 2 is 2.13 bits per heavy atom. The smallest absolute Gasteiger partial charge is 0.237 e. The van der Waals surface area contributed by atoms with Gasteiger partial charge >= 0.3 is 0 Å². The van der Waals surface area contributed by atoms with E-state index in [0.29, 0.717) is 6.42 Å². The summed E-state index contributed by atoms with van der Waals surface area (Å²) in [5.41, 5.74) is 6.65. The van der Waals surface area contributed by atoms with Gasteiger partial charge in [-0.2, -0.15) is 0 Å². The van der Waals surface area contributed by atoms with Crippen molar-refractivity contribution in [3.8, 4) is 0 Å². The van der Waals surface area contributed by atoms with Crippen LogP contribution < -0.4 is 11.1 Å². The van der Waals surface area contributed by atoms with Crippen LogP contribution in [0.1, 0.15) is 31.9 Å². The van der Waals surface area contributed by atoms with E-state index in [1.54, 1.807) is 12.4 Å². The van der Waals surface area contributed by atoms with Crippen molar-refractivity contribution in [3.05, 3.63) is 30.1 Å². The predicted molar refractivity (Wildman–Crippen MR) is 59.1 cm³/mol. The monoisotopic (exact) mass is 207 g/mol. The highest BCUT2D eigenvalue weighted by atomic mass is 16.2. The first-order chi connectivity index (χ1) is 7.15. The predicted octanol–water partition coefficient (Wildman–Crippen LogP) is 0.996. The van der Waals surface area contributed by atoms with Crippen LogP contribution in [0, 0.1) is 0 Å². The average molecular weight is 207 g/mol. The van der Waals surface area contributed by atoms with Crippen LogP contribution in [0.4, 0.5) is 0 Å². The molecule has 0 spiro atoms. The molecular weight excluding hydrogens is 190 g/mol. The highest BCUT2D eigenvalue weighted by Gasteiger charge is 2.14. The van der Waals surface area contributed by atoms with Crippen LogP contribution in [0.15, 0.2) is 24.5 Å². The van der Waals surface area contributed by atoms with Crippen LogP contribution in [0.3, 0.4) is 0 Å². The Kier molecular flexibility index (Phi) is 4.24. The van der Waals surface area contributed by atoms with Crippen LogP contribution in [0.25, 0.3) is 0 Å². The molecule has 15 heavy (non-hydrogen) atoms. The number of nitrogens with one attached hydrogen (secondary N) is 1. The zero-order valence-electron chi connectivity index (χ0n) is 9.10. The Balaban J connectivity index is 2.56. The van der Waals surface area contributed by atoms with E-state index in [0.717, 1.165) is 5.56 Å². The van der Waals surface area contributed by atoms with Crippen molar-refractivity contribution in [3.63, 3.8) is 0 Å². The van der Waals surface area contributed by atoms with Gasteiger partial charge < -0.3 is 11.1 Å². The summed E-state index contributed by atoms with van der Waals surface area (Å²) in [5.74, 6) is -0.109. The summed E-state index contributed by atoms with van der Waals surface area (Å²) in [6, 6.07) is 3.30. The zero-order valence-corrected chi connectivity index (χ0v) is 9.10. The van der Waals surface area contributed by atoms with Gasteiger partial charge in [0.1, 0.15) is 0 Å². The molecule has 1 unspecified atom stereocenters. The number of pyridine rings is 1. The Morgan fingerprint density at radius 3 is 2.67 bits per heavy atom. The van der Waals surface area contributed by atoms with E-state index in [1.807, 2.05) is 26.0 Å². The van der Waals surface area contributed by atoms with E-state index in [2.05, 4.69) is 10.3 Å². The molecule has 2 atom stereocenters. The maximum atomic E-state index is 11.5. The SMILES string of the molecule is CCC(N)C(=O)N[C@@H](C)c1ccncc1. The maximum absolute atomic E-state index is 11.5. The molecular formula is C11H17N3O. The molecule has 0 bridgehead atoms. The van der Waals surface area contributed by atoms with Gasteiger partial charge in [0, 0.05) is 12.4 Å². The first kappa shape index (κ1) is 11.7. The van der Waals surface area contributed by atoms with E-state index in [9.17, 15) is 4.79 Å². The van der Waals surface area contributed by atoms with Crippen LogP contribution in [0.5, 0.6) is 0 Å². The molecule has 1 amide bonds. The lowest BCUT2D eigenvalue weighted by Gasteiger charge is -2.16. The van der Waals surface area contributed by atoms with E-state index in [4.69, 9.17) is 5.73 Å². The van der Waals surface area contributed by atoms with Gasteiger partial charge in [-0.05, 0) is 31.0 Å². The molecule has 1 heterocycles. The van der Waals surface area contributed by atoms with Crippen LogP contribution in [-0.2, 0) is 4.79 Å². The van der Waals surface area contributed by atoms with E-state index >= 15 is 0 Å². The number of aromatic nitrogens is 1. The molecule has 4 nitrogen and oxygen atoms in total. The van der Waals surface area contributed by atoms with Gasteiger partial charge in [-0.3, -0.25) is 9.78 Å². The number of carbonyl (C=O) groups is 1. The van der Waals surface area contributed by atoms with Crippen molar-refractivity contribution in [2.24, 2.45) is 5.73 Å². The highest BCUT2D eigenvalue weighted by Crippen LogP contribution is 2.10. The van der Waals surface area contributed by atoms with Crippen LogP contribution in [-0.4, -0.2) is 16.9 Å². The van der Waals surface area contributed by atoms with E-state index in [-0.39, 0.29) is 11.9 Å². The van der Waals surface area contributed by atoms with Crippen molar-refractivity contribution >= 4 is 5.91 Å². The average Bonchev–Trinajstić information content (AvgIpc) is 2.29. The molecule has 1 aromatic heterocycles. The van der Waals surface area contributed by atoms with Gasteiger partial charge in [0.15, 0.2) is 0 Å². The number of nitrogens with zero attached hydrogens (tertiary/aromatic N) is 1. The molecule has 0 fully saturated rings. The van der Waals surface area contributed by atoms with Gasteiger partial charge in [-0.15, -0.1) is 0 Å². The normalized spacial score (nSPS) is 14.3. The van der Waals surface area contributed by atoms with Crippen molar-refractivity contribution in [1.29, 1.82) is 0 Å². The van der Waals surface area contributed by atoms with Gasteiger partial charge in [-0.25, -0.2) is 0 Å². The first-order valence-electron chi connectivity index (χ1n) is 5.11. The fourth-order valence-electron chi connectivity index (χ4n) is 1.24. The summed E-state index contributed by atoms with van der Waals surface area (Å²) in [6.45, 7) is 3.82. The fraction of sp³-hybridized carbons (Fsp3) is 0.455. The molecule has 1 rings (SSSR count). The molecule has 3 N–H and O–H groups in total. The summed E-state index contributed by atoms with van der Waals surface area (Å²) in [7, 11) is 0. The van der Waals surface area contributed by atoms with Crippen molar-refractivity contribution in [2.75, 3.05) is 0 Å². The molecule has 0 aromatic carbocycles. The van der Waals surface area contributed by atoms with Crippen molar-refractivity contribution in [2.45, 2.75) is 32.4 Å². The lowest BCUT2D eigenvalue weighted by atomic mass is 10.1. The largest absolute Gasteiger partial charge is 0.348 e. The second kappa shape index (κ2) is 5.46. The second-order valence-electron chi connectivity index (χ2n) is 3.53. The quantitative estimate of drug-likeness (QED) is 0.773. The highest BCUT2D eigenvalue weighted by molar-refractivity contribution is 5.81. The Morgan fingerprint density at radius 1 is 1.53 bits per heavy atom. The molecule has 0 aliphatic heterocycles. The summed E-state index contributed by atoms with van der Waals surface area (Å²) in [4.78, 5) is 15.4. The van der Waals surface area contributed by atoms with Crippen molar-refractivity contribution in [1.82, 2.24) is 10.3 Å². The van der Waals surface area contributed by atoms with E-state index in [1.165, 1.54) is 0 Å². The second-order valence-corrected chi connectivity index (χ2v) is 3.53. The minimum absolute atomic E-state index is 0.0295. The lowest BCUT2D eigenvalue weighted by molar-refractivity contribution is -0.123. The minimum atomic E-state index is -0.422. The van der Waals surface area contributed by atoms with E-state index < -0.39 is 6.04 Å². The third-order valence-corrected chi connectivity index (χ3v) is 2.34. The molecule has 82 valence electrons. The molecule has 0 aliphatic rings. The third-order valence-electron chi connectivity index (χ3n) is 2.34. The number of hydrogen-bond acceptors (Lipinski definition) is 3. The fourth-order valence-corrected chi connectivity index (χ4v) is 1.24. The minimum Gasteiger partial charge on any atom is -0.348 e. The summed E-state index contributed by atoms with van der Waals surface area (Å²) in [6.07, 6.45) is 4.06. The van der Waals surface area contributed by atoms with Gasteiger partial charge in [0.25, 0.3) is 0 Å². The topological polar surface area (TPSA) is 68.0 Å². The Labute approximate surface area is 89.9 Å². The summed E-state index contributed by atoms with van der Waals surface area (Å²) in [5, 5.41) is 2.86. The number of hydrogen-bond donors (Lipinski definition) is 2. The molecule has 0 saturated heterocycles. The Hall–Kier alpha value is -1.42. The van der Waals surface area contributed by atoms with Crippen LogP contribution in [0.2, 0.25) is 0 Å². The molecule has 0 saturated carbocycles. The number of rotatable bonds is 4. The Bertz CT molecular complexity index is 313. The first-order valence-corrected chi connectivity index (χ1v) is 5.11. The summed E-state index contributed by atoms with van der Waals surface area (Å²) >= 11 is 0. The van der Waals surface area contributed by atoms with Crippen LogP contribution >= 0.6 is 0 Å². The number of nitrogens with two attached hydrogens (primary N) is 1. The molecule has 1 aromatic rings. The maximum Gasteiger partial charge on any atom is 0.237 e. The standard InChI is InChI=1S/C11H17N3O/c1-3-10(12)11(15)14-8(2)9-4-6-13-7-5-9/h4-8,10H,3,12H2,1-2H3,(H,14,15)/t8-,10?/m0/s1. The zero-order chi connectivity index (χ0) is 11.3. The van der Waals surface area contributed by atoms with Gasteiger partial charge in [0.2, 0.25) is 5.91 Å². The molecule has 0 aliphatic carbocycles. The lowest BCUT2D eigenvalue weighted by Crippen LogP contribution is -2.41. The summed E-state index contributed by atoms with van der Waals surface area (Å²) < 4.78 is 0. The molecule has 0 radical (unpaired) electrons. The van der Waals surface area contributed by atoms with Crippen molar-refractivity contribution < 1.29 is 4.79 Å². The third kappa shape index (κ3) is 3.32.